The minimum absolute atomic E-state index is 0.129. The number of amides is 1. The smallest absolute Gasteiger partial charge is 0.244 e. The molecular weight excluding hydrogens is 280 g/mol. The van der Waals surface area contributed by atoms with E-state index in [2.05, 4.69) is 10.5 Å². The highest BCUT2D eigenvalue weighted by atomic mass is 16.3. The summed E-state index contributed by atoms with van der Waals surface area (Å²) in [6, 6.07) is 10.1. The molecular formula is C17H18N2O3. The van der Waals surface area contributed by atoms with Crippen molar-refractivity contribution in [3.63, 3.8) is 0 Å². The summed E-state index contributed by atoms with van der Waals surface area (Å²) >= 11 is 0. The Balaban J connectivity index is 1.96. The largest absolute Gasteiger partial charge is 0.508 e. The van der Waals surface area contributed by atoms with Crippen LogP contribution in [0.15, 0.2) is 41.5 Å². The Morgan fingerprint density at radius 2 is 1.86 bits per heavy atom. The van der Waals surface area contributed by atoms with Gasteiger partial charge in [0, 0.05) is 0 Å². The fourth-order valence-corrected chi connectivity index (χ4v) is 2.13. The molecule has 2 aromatic rings. The molecule has 1 amide bonds. The summed E-state index contributed by atoms with van der Waals surface area (Å²) in [7, 11) is 0. The van der Waals surface area contributed by atoms with E-state index < -0.39 is 0 Å². The Hall–Kier alpha value is -2.82. The second kappa shape index (κ2) is 6.76. The second-order valence-corrected chi connectivity index (χ2v) is 5.14. The van der Waals surface area contributed by atoms with Crippen LogP contribution in [-0.4, -0.2) is 22.3 Å². The Morgan fingerprint density at radius 3 is 2.50 bits per heavy atom. The number of phenols is 2. The van der Waals surface area contributed by atoms with Gasteiger partial charge in [0.1, 0.15) is 11.5 Å². The van der Waals surface area contributed by atoms with Crippen molar-refractivity contribution in [1.82, 2.24) is 5.43 Å². The van der Waals surface area contributed by atoms with Crippen molar-refractivity contribution in [1.29, 1.82) is 0 Å². The molecule has 0 aliphatic heterocycles. The van der Waals surface area contributed by atoms with Crippen molar-refractivity contribution in [2.75, 3.05) is 0 Å². The molecule has 0 radical (unpaired) electrons. The lowest BCUT2D eigenvalue weighted by molar-refractivity contribution is -0.120. The number of carbonyl (C=O) groups excluding carboxylic acids is 1. The lowest BCUT2D eigenvalue weighted by atomic mass is 10.1. The molecule has 3 N–H and O–H groups in total. The van der Waals surface area contributed by atoms with Gasteiger partial charge in [-0.05, 0) is 60.4 Å². The highest BCUT2D eigenvalue weighted by Gasteiger charge is 2.04. The molecule has 2 rings (SSSR count). The molecule has 5 heteroatoms. The van der Waals surface area contributed by atoms with E-state index >= 15 is 0 Å². The van der Waals surface area contributed by atoms with Gasteiger partial charge in [0.15, 0.2) is 0 Å². The van der Waals surface area contributed by atoms with Gasteiger partial charge >= 0.3 is 0 Å². The summed E-state index contributed by atoms with van der Waals surface area (Å²) in [6.45, 7) is 3.61. The number of nitrogens with zero attached hydrogens (tertiary/aromatic N) is 1. The molecule has 0 aliphatic carbocycles. The maximum absolute atomic E-state index is 11.8. The zero-order chi connectivity index (χ0) is 16.1. The third kappa shape index (κ3) is 4.09. The Morgan fingerprint density at radius 1 is 1.18 bits per heavy atom. The number of aromatic hydroxyl groups is 2. The van der Waals surface area contributed by atoms with Gasteiger partial charge in [-0.15, -0.1) is 0 Å². The van der Waals surface area contributed by atoms with Crippen molar-refractivity contribution >= 4 is 12.1 Å². The normalized spacial score (nSPS) is 10.8. The van der Waals surface area contributed by atoms with Crippen molar-refractivity contribution in [3.05, 3.63) is 58.7 Å². The topological polar surface area (TPSA) is 81.9 Å². The number of aryl methyl sites for hydroxylation is 2. The lowest BCUT2D eigenvalue weighted by Crippen LogP contribution is -2.19. The molecule has 2 aromatic carbocycles. The van der Waals surface area contributed by atoms with Gasteiger partial charge < -0.3 is 10.2 Å². The van der Waals surface area contributed by atoms with Crippen LogP contribution < -0.4 is 5.43 Å². The van der Waals surface area contributed by atoms with E-state index in [1.807, 2.05) is 0 Å². The van der Waals surface area contributed by atoms with Gasteiger partial charge in [-0.3, -0.25) is 4.79 Å². The number of hydrogen-bond donors (Lipinski definition) is 3. The van der Waals surface area contributed by atoms with Crippen molar-refractivity contribution in [2.45, 2.75) is 20.3 Å². The molecule has 0 atom stereocenters. The number of hydrogen-bond acceptors (Lipinski definition) is 4. The van der Waals surface area contributed by atoms with Gasteiger partial charge in [0.2, 0.25) is 5.91 Å². The summed E-state index contributed by atoms with van der Waals surface area (Å²) in [6.07, 6.45) is 1.67. The predicted octanol–water partition coefficient (Wildman–Crippen LogP) is 2.41. The molecule has 114 valence electrons. The van der Waals surface area contributed by atoms with E-state index in [0.29, 0.717) is 5.56 Å². The van der Waals surface area contributed by atoms with Crippen LogP contribution in [0.3, 0.4) is 0 Å². The van der Waals surface area contributed by atoms with E-state index in [9.17, 15) is 15.0 Å². The average molecular weight is 298 g/mol. The number of phenolic OH excluding ortho intramolecular Hbond substituents is 2. The molecule has 0 bridgehead atoms. The number of carbonyl (C=O) groups is 1. The molecule has 0 saturated heterocycles. The van der Waals surface area contributed by atoms with E-state index in [0.717, 1.165) is 16.7 Å². The number of rotatable bonds is 4. The van der Waals surface area contributed by atoms with Crippen LogP contribution in [0.25, 0.3) is 0 Å². The van der Waals surface area contributed by atoms with Crippen molar-refractivity contribution < 1.29 is 15.0 Å². The van der Waals surface area contributed by atoms with Gasteiger partial charge in [-0.25, -0.2) is 5.43 Å². The van der Waals surface area contributed by atoms with Crippen LogP contribution in [0.1, 0.15) is 22.3 Å². The van der Waals surface area contributed by atoms with E-state index in [1.54, 1.807) is 44.2 Å². The van der Waals surface area contributed by atoms with E-state index in [1.165, 1.54) is 12.3 Å². The quantitative estimate of drug-likeness (QED) is 0.599. The van der Waals surface area contributed by atoms with Gasteiger partial charge in [-0.2, -0.15) is 5.10 Å². The zero-order valence-corrected chi connectivity index (χ0v) is 12.5. The molecule has 0 heterocycles. The summed E-state index contributed by atoms with van der Waals surface area (Å²) in [4.78, 5) is 11.8. The molecule has 0 unspecified atom stereocenters. The maximum Gasteiger partial charge on any atom is 0.244 e. The van der Waals surface area contributed by atoms with Gasteiger partial charge in [0.25, 0.3) is 0 Å². The lowest BCUT2D eigenvalue weighted by Gasteiger charge is -2.04. The van der Waals surface area contributed by atoms with Crippen LogP contribution in [0.2, 0.25) is 0 Å². The highest BCUT2D eigenvalue weighted by Crippen LogP contribution is 2.21. The summed E-state index contributed by atoms with van der Waals surface area (Å²) < 4.78 is 0. The van der Waals surface area contributed by atoms with Gasteiger partial charge in [0.05, 0.1) is 12.6 Å². The molecule has 0 spiro atoms. The van der Waals surface area contributed by atoms with Crippen molar-refractivity contribution in [2.24, 2.45) is 5.10 Å². The minimum atomic E-state index is -0.269. The maximum atomic E-state index is 11.8. The number of benzene rings is 2. The van der Waals surface area contributed by atoms with Crippen LogP contribution in [0, 0.1) is 13.8 Å². The first-order chi connectivity index (χ1) is 10.5. The van der Waals surface area contributed by atoms with Crippen LogP contribution in [0.4, 0.5) is 0 Å². The molecule has 0 saturated carbocycles. The third-order valence-corrected chi connectivity index (χ3v) is 3.19. The molecule has 0 aliphatic rings. The molecule has 22 heavy (non-hydrogen) atoms. The second-order valence-electron chi connectivity index (χ2n) is 5.14. The molecule has 0 aromatic heterocycles. The van der Waals surface area contributed by atoms with Crippen LogP contribution >= 0.6 is 0 Å². The van der Waals surface area contributed by atoms with Crippen LogP contribution in [0.5, 0.6) is 11.5 Å². The highest BCUT2D eigenvalue weighted by molar-refractivity contribution is 5.84. The number of hydrazone groups is 1. The molecule has 5 nitrogen and oxygen atoms in total. The Kier molecular flexibility index (Phi) is 4.78. The number of nitrogens with one attached hydrogen (secondary N) is 1. The Bertz CT molecular complexity index is 701. The first-order valence-corrected chi connectivity index (χ1v) is 6.85. The SMILES string of the molecule is Cc1cc(/C=N/NC(=O)Cc2cccc(O)c2)cc(C)c1O. The van der Waals surface area contributed by atoms with Gasteiger partial charge in [-0.1, -0.05) is 12.1 Å². The standard InChI is InChI=1S/C17H18N2O3/c1-11-6-14(7-12(2)17(11)22)10-18-19-16(21)9-13-4-3-5-15(20)8-13/h3-8,10,20,22H,9H2,1-2H3,(H,19,21)/b18-10+. The van der Waals surface area contributed by atoms with E-state index in [-0.39, 0.29) is 23.8 Å². The fourth-order valence-electron chi connectivity index (χ4n) is 2.13. The minimum Gasteiger partial charge on any atom is -0.508 e. The average Bonchev–Trinajstić information content (AvgIpc) is 2.44. The molecule has 0 fully saturated rings. The fraction of sp³-hybridized carbons (Fsp3) is 0.176. The summed E-state index contributed by atoms with van der Waals surface area (Å²) in [5.41, 5.74) is 5.46. The van der Waals surface area contributed by atoms with E-state index in [4.69, 9.17) is 0 Å². The summed E-state index contributed by atoms with van der Waals surface area (Å²) in [5.74, 6) is 0.128. The first-order valence-electron chi connectivity index (χ1n) is 6.85. The monoisotopic (exact) mass is 298 g/mol. The zero-order valence-electron chi connectivity index (χ0n) is 12.5. The van der Waals surface area contributed by atoms with Crippen molar-refractivity contribution in [3.8, 4) is 11.5 Å². The Labute approximate surface area is 128 Å². The summed E-state index contributed by atoms with van der Waals surface area (Å²) in [5, 5.41) is 22.9. The third-order valence-electron chi connectivity index (χ3n) is 3.19. The first kappa shape index (κ1) is 15.6. The van der Waals surface area contributed by atoms with Crippen LogP contribution in [-0.2, 0) is 11.2 Å². The predicted molar refractivity (Wildman–Crippen MR) is 85.1 cm³/mol.